The Labute approximate surface area is 73.9 Å². The Hall–Kier alpha value is -0.570. The summed E-state index contributed by atoms with van der Waals surface area (Å²) in [5, 5.41) is 0. The van der Waals surface area contributed by atoms with Gasteiger partial charge in [-0.3, -0.25) is 4.79 Å². The van der Waals surface area contributed by atoms with E-state index in [2.05, 4.69) is 0 Å². The first-order chi connectivity index (χ1) is 5.66. The fourth-order valence-corrected chi connectivity index (χ4v) is 1.75. The molecule has 3 nitrogen and oxygen atoms in total. The van der Waals surface area contributed by atoms with E-state index in [1.165, 1.54) is 0 Å². The number of hydrogen-bond acceptors (Lipinski definition) is 2. The van der Waals surface area contributed by atoms with Crippen LogP contribution in [-0.2, 0) is 4.79 Å². The molecule has 0 saturated carbocycles. The number of amides is 1. The topological polar surface area (TPSA) is 46.3 Å². The lowest BCUT2D eigenvalue weighted by atomic mass is 9.89. The Morgan fingerprint density at radius 2 is 2.42 bits per heavy atom. The van der Waals surface area contributed by atoms with Crippen LogP contribution >= 0.6 is 0 Å². The van der Waals surface area contributed by atoms with E-state index in [1.807, 2.05) is 14.0 Å². The van der Waals surface area contributed by atoms with Gasteiger partial charge in [0.1, 0.15) is 0 Å². The highest BCUT2D eigenvalue weighted by Crippen LogP contribution is 2.20. The molecule has 1 rings (SSSR count). The number of piperidine rings is 1. The van der Waals surface area contributed by atoms with Crippen molar-refractivity contribution in [1.29, 1.82) is 0 Å². The molecular weight excluding hydrogens is 152 g/mol. The van der Waals surface area contributed by atoms with E-state index in [0.29, 0.717) is 0 Å². The minimum atomic E-state index is 0.0558. The van der Waals surface area contributed by atoms with Gasteiger partial charge in [-0.2, -0.15) is 0 Å². The van der Waals surface area contributed by atoms with Gasteiger partial charge in [0, 0.05) is 19.6 Å². The zero-order valence-corrected chi connectivity index (χ0v) is 7.92. The van der Waals surface area contributed by atoms with Gasteiger partial charge in [0.05, 0.1) is 5.92 Å². The van der Waals surface area contributed by atoms with Crippen molar-refractivity contribution in [3.05, 3.63) is 0 Å². The third-order valence-corrected chi connectivity index (χ3v) is 2.69. The summed E-state index contributed by atoms with van der Waals surface area (Å²) in [6.07, 6.45) is 2.96. The number of nitrogens with zero attached hydrogens (tertiary/aromatic N) is 1. The summed E-state index contributed by atoms with van der Waals surface area (Å²) in [7, 11) is 1.86. The summed E-state index contributed by atoms with van der Waals surface area (Å²) in [5.74, 6) is 0.310. The molecule has 2 N–H and O–H groups in total. The SMILES string of the molecule is CCC(N)C1CCCN(C)C1=O. The molecule has 1 amide bonds. The van der Waals surface area contributed by atoms with Crippen LogP contribution in [-0.4, -0.2) is 30.4 Å². The molecule has 1 aliphatic heterocycles. The first-order valence-electron chi connectivity index (χ1n) is 4.67. The number of nitrogens with two attached hydrogens (primary N) is 1. The van der Waals surface area contributed by atoms with Crippen molar-refractivity contribution >= 4 is 5.91 Å². The van der Waals surface area contributed by atoms with Crippen LogP contribution in [0.25, 0.3) is 0 Å². The lowest BCUT2D eigenvalue weighted by molar-refractivity contribution is -0.137. The van der Waals surface area contributed by atoms with Crippen molar-refractivity contribution in [3.63, 3.8) is 0 Å². The number of carbonyl (C=O) groups excluding carboxylic acids is 1. The Morgan fingerprint density at radius 1 is 1.75 bits per heavy atom. The van der Waals surface area contributed by atoms with Gasteiger partial charge in [-0.25, -0.2) is 0 Å². The average molecular weight is 170 g/mol. The largest absolute Gasteiger partial charge is 0.345 e. The first kappa shape index (κ1) is 9.52. The zero-order chi connectivity index (χ0) is 9.14. The minimum absolute atomic E-state index is 0.0558. The molecule has 0 radical (unpaired) electrons. The van der Waals surface area contributed by atoms with Crippen molar-refractivity contribution in [2.45, 2.75) is 32.2 Å². The molecular formula is C9H18N2O. The molecule has 70 valence electrons. The highest BCUT2D eigenvalue weighted by molar-refractivity contribution is 5.79. The Morgan fingerprint density at radius 3 is 3.00 bits per heavy atom. The van der Waals surface area contributed by atoms with Gasteiger partial charge in [0.15, 0.2) is 0 Å². The summed E-state index contributed by atoms with van der Waals surface area (Å²) < 4.78 is 0. The summed E-state index contributed by atoms with van der Waals surface area (Å²) in [5.41, 5.74) is 5.85. The predicted octanol–water partition coefficient (Wildman–Crippen LogP) is 0.592. The highest BCUT2D eigenvalue weighted by Gasteiger charge is 2.29. The van der Waals surface area contributed by atoms with Crippen molar-refractivity contribution in [3.8, 4) is 0 Å². The van der Waals surface area contributed by atoms with Gasteiger partial charge in [-0.15, -0.1) is 0 Å². The van der Waals surface area contributed by atoms with Crippen LogP contribution in [0.2, 0.25) is 0 Å². The van der Waals surface area contributed by atoms with Crippen LogP contribution in [0.15, 0.2) is 0 Å². The summed E-state index contributed by atoms with van der Waals surface area (Å²) >= 11 is 0. The maximum atomic E-state index is 11.6. The molecule has 1 heterocycles. The van der Waals surface area contributed by atoms with Gasteiger partial charge < -0.3 is 10.6 Å². The molecule has 0 aromatic rings. The van der Waals surface area contributed by atoms with Gasteiger partial charge in [-0.05, 0) is 19.3 Å². The van der Waals surface area contributed by atoms with Crippen LogP contribution in [0, 0.1) is 5.92 Å². The molecule has 0 spiro atoms. The fourth-order valence-electron chi connectivity index (χ4n) is 1.75. The molecule has 0 aromatic heterocycles. The predicted molar refractivity (Wildman–Crippen MR) is 48.6 cm³/mol. The number of hydrogen-bond donors (Lipinski definition) is 1. The van der Waals surface area contributed by atoms with E-state index < -0.39 is 0 Å². The van der Waals surface area contributed by atoms with Crippen LogP contribution in [0.4, 0.5) is 0 Å². The second-order valence-corrected chi connectivity index (χ2v) is 3.58. The third-order valence-electron chi connectivity index (χ3n) is 2.69. The summed E-state index contributed by atoms with van der Waals surface area (Å²) in [6, 6.07) is 0.0558. The Bertz CT molecular complexity index is 170. The molecule has 12 heavy (non-hydrogen) atoms. The normalized spacial score (nSPS) is 27.4. The fraction of sp³-hybridized carbons (Fsp3) is 0.889. The minimum Gasteiger partial charge on any atom is -0.345 e. The van der Waals surface area contributed by atoms with Crippen molar-refractivity contribution in [2.24, 2.45) is 11.7 Å². The number of carbonyl (C=O) groups is 1. The van der Waals surface area contributed by atoms with Crippen LogP contribution < -0.4 is 5.73 Å². The average Bonchev–Trinajstić information content (AvgIpc) is 2.08. The molecule has 1 aliphatic rings. The second-order valence-electron chi connectivity index (χ2n) is 3.58. The standard InChI is InChI=1S/C9H18N2O/c1-3-8(10)7-5-4-6-11(2)9(7)12/h7-8H,3-6,10H2,1-2H3. The summed E-state index contributed by atoms with van der Waals surface area (Å²) in [6.45, 7) is 2.93. The van der Waals surface area contributed by atoms with E-state index in [-0.39, 0.29) is 17.9 Å². The van der Waals surface area contributed by atoms with Crippen LogP contribution in [0.5, 0.6) is 0 Å². The smallest absolute Gasteiger partial charge is 0.226 e. The molecule has 0 bridgehead atoms. The van der Waals surface area contributed by atoms with E-state index in [4.69, 9.17) is 5.73 Å². The molecule has 1 saturated heterocycles. The van der Waals surface area contributed by atoms with Crippen LogP contribution in [0.3, 0.4) is 0 Å². The van der Waals surface area contributed by atoms with E-state index in [1.54, 1.807) is 4.90 Å². The van der Waals surface area contributed by atoms with E-state index >= 15 is 0 Å². The Kier molecular flexibility index (Phi) is 3.09. The lowest BCUT2D eigenvalue weighted by Crippen LogP contribution is -2.46. The quantitative estimate of drug-likeness (QED) is 0.659. The number of likely N-dealkylation sites (tertiary alicyclic amines) is 1. The maximum absolute atomic E-state index is 11.6. The van der Waals surface area contributed by atoms with E-state index in [9.17, 15) is 4.79 Å². The highest BCUT2D eigenvalue weighted by atomic mass is 16.2. The van der Waals surface area contributed by atoms with Crippen LogP contribution in [0.1, 0.15) is 26.2 Å². The molecule has 1 fully saturated rings. The number of rotatable bonds is 2. The maximum Gasteiger partial charge on any atom is 0.226 e. The van der Waals surface area contributed by atoms with E-state index in [0.717, 1.165) is 25.8 Å². The van der Waals surface area contributed by atoms with Crippen molar-refractivity contribution in [1.82, 2.24) is 4.90 Å². The second kappa shape index (κ2) is 3.90. The molecule has 2 atom stereocenters. The van der Waals surface area contributed by atoms with Gasteiger partial charge >= 0.3 is 0 Å². The van der Waals surface area contributed by atoms with Gasteiger partial charge in [-0.1, -0.05) is 6.92 Å². The van der Waals surface area contributed by atoms with Crippen molar-refractivity contribution < 1.29 is 4.79 Å². The monoisotopic (exact) mass is 170 g/mol. The van der Waals surface area contributed by atoms with Gasteiger partial charge in [0.2, 0.25) is 5.91 Å². The zero-order valence-electron chi connectivity index (χ0n) is 7.92. The summed E-state index contributed by atoms with van der Waals surface area (Å²) in [4.78, 5) is 13.4. The van der Waals surface area contributed by atoms with Crippen molar-refractivity contribution in [2.75, 3.05) is 13.6 Å². The molecule has 2 unspecified atom stereocenters. The first-order valence-corrected chi connectivity index (χ1v) is 4.67. The van der Waals surface area contributed by atoms with Gasteiger partial charge in [0.25, 0.3) is 0 Å². The third kappa shape index (κ3) is 1.78. The lowest BCUT2D eigenvalue weighted by Gasteiger charge is -2.32. The Balaban J connectivity index is 2.57. The molecule has 0 aliphatic carbocycles. The molecule has 3 heteroatoms. The molecule has 0 aromatic carbocycles.